The number of nitrogens with one attached hydrogen (secondary N) is 1. The van der Waals surface area contributed by atoms with Crippen molar-refractivity contribution in [2.75, 3.05) is 0 Å². The van der Waals surface area contributed by atoms with Gasteiger partial charge in [-0.15, -0.1) is 0 Å². The van der Waals surface area contributed by atoms with Crippen molar-refractivity contribution in [3.05, 3.63) is 81.4 Å². The number of carbonyl (C=O) groups is 1. The molecule has 3 aromatic rings. The first-order chi connectivity index (χ1) is 14.0. The molecule has 1 N–H and O–H groups in total. The van der Waals surface area contributed by atoms with Gasteiger partial charge in [-0.1, -0.05) is 29.4 Å². The summed E-state index contributed by atoms with van der Waals surface area (Å²) in [5.74, 6) is 0.437. The quantitative estimate of drug-likeness (QED) is 0.465. The Bertz CT molecular complexity index is 1130. The first-order valence-electron chi connectivity index (χ1n) is 8.86. The highest BCUT2D eigenvalue weighted by molar-refractivity contribution is 8.18. The van der Waals surface area contributed by atoms with Crippen LogP contribution >= 0.6 is 35.1 Å². The highest BCUT2D eigenvalue weighted by atomic mass is 35.5. The van der Waals surface area contributed by atoms with Crippen molar-refractivity contribution in [2.45, 2.75) is 23.8 Å². The number of hydrogen-bond donors (Lipinski definition) is 1. The van der Waals surface area contributed by atoms with Gasteiger partial charge in [-0.05, 0) is 85.3 Å². The predicted molar refractivity (Wildman–Crippen MR) is 121 cm³/mol. The lowest BCUT2D eigenvalue weighted by Crippen LogP contribution is -2.19. The number of nitrogens with zero attached hydrogens (tertiary/aromatic N) is 1. The molecule has 146 valence electrons. The van der Waals surface area contributed by atoms with Crippen LogP contribution in [0.2, 0.25) is 5.02 Å². The van der Waals surface area contributed by atoms with Gasteiger partial charge < -0.3 is 9.73 Å². The third-order valence-corrected chi connectivity index (χ3v) is 6.37. The standard InChI is InChI=1S/C22H17ClN2O2S2/c1-13-3-6-16(11-14(13)2)24-22-25-21(26)19(29-22)12-17-7-10-20(27-17)28-18-8-4-15(23)5-9-18/h3-12H,1-2H3,(H,24,25,26). The average Bonchev–Trinajstić information content (AvgIpc) is 3.27. The monoisotopic (exact) mass is 440 g/mol. The number of hydrogen-bond acceptors (Lipinski definition) is 5. The summed E-state index contributed by atoms with van der Waals surface area (Å²) in [6.45, 7) is 4.10. The molecular formula is C22H17ClN2O2S2. The number of aryl methyl sites for hydroxylation is 2. The van der Waals surface area contributed by atoms with Crippen molar-refractivity contribution in [1.82, 2.24) is 5.32 Å². The van der Waals surface area contributed by atoms with E-state index in [1.54, 1.807) is 6.08 Å². The SMILES string of the molecule is Cc1ccc(N=C2NC(=O)C(=Cc3ccc(Sc4ccc(Cl)cc4)o3)S2)cc1C. The van der Waals surface area contributed by atoms with Gasteiger partial charge in [0.05, 0.1) is 10.6 Å². The Kier molecular flexibility index (Phi) is 5.85. The van der Waals surface area contributed by atoms with E-state index in [1.165, 1.54) is 34.7 Å². The third kappa shape index (κ3) is 4.96. The zero-order chi connectivity index (χ0) is 20.4. The number of furan rings is 1. The molecule has 4 nitrogen and oxygen atoms in total. The molecule has 29 heavy (non-hydrogen) atoms. The second-order valence-corrected chi connectivity index (χ2v) is 9.01. The highest BCUT2D eigenvalue weighted by Gasteiger charge is 2.24. The Labute approximate surface area is 182 Å². The lowest BCUT2D eigenvalue weighted by molar-refractivity contribution is -0.115. The summed E-state index contributed by atoms with van der Waals surface area (Å²) in [5.41, 5.74) is 3.19. The lowest BCUT2D eigenvalue weighted by atomic mass is 10.1. The normalized spacial score (nSPS) is 16.6. The summed E-state index contributed by atoms with van der Waals surface area (Å²) < 4.78 is 5.83. The fourth-order valence-corrected chi connectivity index (χ4v) is 4.33. The van der Waals surface area contributed by atoms with E-state index in [9.17, 15) is 4.79 Å². The minimum absolute atomic E-state index is 0.180. The molecule has 0 unspecified atom stereocenters. The summed E-state index contributed by atoms with van der Waals surface area (Å²) in [5, 5.41) is 4.81. The van der Waals surface area contributed by atoms with Crippen molar-refractivity contribution in [1.29, 1.82) is 0 Å². The molecule has 7 heteroatoms. The zero-order valence-corrected chi connectivity index (χ0v) is 18.1. The van der Waals surface area contributed by atoms with Crippen LogP contribution in [0.5, 0.6) is 0 Å². The number of thioether (sulfide) groups is 1. The van der Waals surface area contributed by atoms with Gasteiger partial charge in [-0.2, -0.15) is 0 Å². The van der Waals surface area contributed by atoms with Crippen LogP contribution in [-0.2, 0) is 4.79 Å². The van der Waals surface area contributed by atoms with Gasteiger partial charge >= 0.3 is 0 Å². The van der Waals surface area contributed by atoms with Crippen LogP contribution in [0.4, 0.5) is 5.69 Å². The Balaban J connectivity index is 1.48. The predicted octanol–water partition coefficient (Wildman–Crippen LogP) is 6.59. The van der Waals surface area contributed by atoms with Crippen LogP contribution in [0.25, 0.3) is 6.08 Å². The van der Waals surface area contributed by atoms with Crippen LogP contribution < -0.4 is 5.32 Å². The highest BCUT2D eigenvalue weighted by Crippen LogP contribution is 2.33. The van der Waals surface area contributed by atoms with Gasteiger partial charge in [0.2, 0.25) is 0 Å². The Morgan fingerprint density at radius 1 is 1.07 bits per heavy atom. The molecular weight excluding hydrogens is 424 g/mol. The van der Waals surface area contributed by atoms with Crippen LogP contribution in [0, 0.1) is 13.8 Å². The van der Waals surface area contributed by atoms with E-state index in [4.69, 9.17) is 16.0 Å². The number of amides is 1. The summed E-state index contributed by atoms with van der Waals surface area (Å²) in [6.07, 6.45) is 1.73. The fourth-order valence-electron chi connectivity index (χ4n) is 2.61. The van der Waals surface area contributed by atoms with Crippen molar-refractivity contribution in [3.63, 3.8) is 0 Å². The smallest absolute Gasteiger partial charge is 0.264 e. The summed E-state index contributed by atoms with van der Waals surface area (Å²) in [7, 11) is 0. The molecule has 0 aliphatic carbocycles. The molecule has 0 atom stereocenters. The van der Waals surface area contributed by atoms with E-state index in [2.05, 4.69) is 17.2 Å². The van der Waals surface area contributed by atoms with Gasteiger partial charge in [-0.25, -0.2) is 4.99 Å². The minimum atomic E-state index is -0.180. The van der Waals surface area contributed by atoms with Crippen LogP contribution in [0.15, 0.2) is 78.9 Å². The van der Waals surface area contributed by atoms with Gasteiger partial charge in [0.1, 0.15) is 5.76 Å². The molecule has 0 radical (unpaired) electrons. The summed E-state index contributed by atoms with van der Waals surface area (Å²) in [6, 6.07) is 17.2. The Morgan fingerprint density at radius 2 is 1.86 bits per heavy atom. The molecule has 0 spiro atoms. The molecule has 1 saturated heterocycles. The van der Waals surface area contributed by atoms with Crippen molar-refractivity contribution >= 4 is 58.0 Å². The molecule has 1 aliphatic rings. The molecule has 1 fully saturated rings. The van der Waals surface area contributed by atoms with Gasteiger partial charge in [0.15, 0.2) is 10.3 Å². The first kappa shape index (κ1) is 19.9. The maximum atomic E-state index is 12.3. The zero-order valence-electron chi connectivity index (χ0n) is 15.7. The van der Waals surface area contributed by atoms with Crippen LogP contribution in [0.1, 0.15) is 16.9 Å². The lowest BCUT2D eigenvalue weighted by Gasteiger charge is -2.01. The minimum Gasteiger partial charge on any atom is -0.450 e. The molecule has 0 bridgehead atoms. The van der Waals surface area contributed by atoms with Gasteiger partial charge in [0.25, 0.3) is 5.91 Å². The third-order valence-electron chi connectivity index (χ3n) is 4.28. The largest absolute Gasteiger partial charge is 0.450 e. The number of carbonyl (C=O) groups excluding carboxylic acids is 1. The maximum absolute atomic E-state index is 12.3. The molecule has 1 amide bonds. The van der Waals surface area contributed by atoms with Crippen molar-refractivity contribution < 1.29 is 9.21 Å². The van der Waals surface area contributed by atoms with E-state index >= 15 is 0 Å². The molecule has 0 saturated carbocycles. The van der Waals surface area contributed by atoms with E-state index in [1.807, 2.05) is 61.5 Å². The molecule has 1 aliphatic heterocycles. The molecule has 1 aromatic heterocycles. The van der Waals surface area contributed by atoms with Crippen LogP contribution in [0.3, 0.4) is 0 Å². The van der Waals surface area contributed by atoms with E-state index in [0.29, 0.717) is 20.9 Å². The van der Waals surface area contributed by atoms with Crippen LogP contribution in [-0.4, -0.2) is 11.1 Å². The van der Waals surface area contributed by atoms with Gasteiger partial charge in [-0.3, -0.25) is 4.79 Å². The van der Waals surface area contributed by atoms with Crippen molar-refractivity contribution in [3.8, 4) is 0 Å². The number of benzene rings is 2. The van der Waals surface area contributed by atoms with Gasteiger partial charge in [0, 0.05) is 16.0 Å². The molecule has 4 rings (SSSR count). The fraction of sp³-hybridized carbons (Fsp3) is 0.0909. The number of amidine groups is 1. The molecule has 2 aromatic carbocycles. The average molecular weight is 441 g/mol. The maximum Gasteiger partial charge on any atom is 0.264 e. The van der Waals surface area contributed by atoms with E-state index < -0.39 is 0 Å². The topological polar surface area (TPSA) is 54.6 Å². The first-order valence-corrected chi connectivity index (χ1v) is 10.9. The van der Waals surface area contributed by atoms with E-state index in [0.717, 1.165) is 15.7 Å². The summed E-state index contributed by atoms with van der Waals surface area (Å²) in [4.78, 5) is 18.4. The number of rotatable bonds is 4. The second kappa shape index (κ2) is 8.53. The molecule has 2 heterocycles. The summed E-state index contributed by atoms with van der Waals surface area (Å²) >= 11 is 8.71. The van der Waals surface area contributed by atoms with E-state index in [-0.39, 0.29) is 5.91 Å². The van der Waals surface area contributed by atoms with Crippen molar-refractivity contribution in [2.24, 2.45) is 4.99 Å². The number of aliphatic imine (C=N–C) groups is 1. The second-order valence-electron chi connectivity index (χ2n) is 6.46. The Morgan fingerprint density at radius 3 is 2.62 bits per heavy atom. The Hall–Kier alpha value is -2.41. The number of halogens is 1.